The van der Waals surface area contributed by atoms with Gasteiger partial charge in [0.05, 0.1) is 13.7 Å². The van der Waals surface area contributed by atoms with Crippen LogP contribution in [0.15, 0.2) is 41.7 Å². The van der Waals surface area contributed by atoms with Gasteiger partial charge in [-0.05, 0) is 12.1 Å². The number of amides is 1. The molecule has 0 aromatic heterocycles. The largest absolute Gasteiger partial charge is 0.509 e. The molecule has 6 nitrogen and oxygen atoms in total. The lowest BCUT2D eigenvalue weighted by atomic mass is 10.2. The van der Waals surface area contributed by atoms with Crippen molar-refractivity contribution in [3.63, 3.8) is 0 Å². The van der Waals surface area contributed by atoms with Gasteiger partial charge >= 0.3 is 5.97 Å². The molecule has 1 amide bonds. The summed E-state index contributed by atoms with van der Waals surface area (Å²) in [6.45, 7) is -0.328. The number of nitriles is 1. The van der Waals surface area contributed by atoms with Crippen LogP contribution >= 0.6 is 0 Å². The van der Waals surface area contributed by atoms with E-state index in [-0.39, 0.29) is 6.54 Å². The van der Waals surface area contributed by atoms with Crippen LogP contribution in [0.1, 0.15) is 10.4 Å². The molecule has 1 aromatic carbocycles. The van der Waals surface area contributed by atoms with Crippen LogP contribution in [0.2, 0.25) is 0 Å². The molecule has 0 fully saturated rings. The molecule has 0 aliphatic carbocycles. The number of carbonyl (C=O) groups excluding carboxylic acids is 2. The highest BCUT2D eigenvalue weighted by molar-refractivity contribution is 5.95. The van der Waals surface area contributed by atoms with Crippen LogP contribution < -0.4 is 5.32 Å². The minimum atomic E-state index is -0.950. The first-order valence-electron chi connectivity index (χ1n) is 5.34. The number of methoxy groups -OCH3 is 1. The first kappa shape index (κ1) is 14.3. The first-order chi connectivity index (χ1) is 9.10. The van der Waals surface area contributed by atoms with E-state index < -0.39 is 23.2 Å². The minimum Gasteiger partial charge on any atom is -0.509 e. The molecule has 0 saturated carbocycles. The maximum atomic E-state index is 11.7. The number of carbonyl (C=O) groups is 2. The van der Waals surface area contributed by atoms with Crippen molar-refractivity contribution in [2.24, 2.45) is 0 Å². The van der Waals surface area contributed by atoms with Gasteiger partial charge in [-0.2, -0.15) is 5.26 Å². The zero-order valence-corrected chi connectivity index (χ0v) is 10.2. The average Bonchev–Trinajstić information content (AvgIpc) is 2.46. The second-order valence-corrected chi connectivity index (χ2v) is 3.47. The fourth-order valence-electron chi connectivity index (χ4n) is 1.27. The Morgan fingerprint density at radius 2 is 2.00 bits per heavy atom. The predicted octanol–water partition coefficient (Wildman–Crippen LogP) is 0.925. The zero-order valence-electron chi connectivity index (χ0n) is 10.2. The smallest absolute Gasteiger partial charge is 0.352 e. The number of ether oxygens (including phenoxy) is 1. The molecule has 19 heavy (non-hydrogen) atoms. The molecular weight excluding hydrogens is 248 g/mol. The van der Waals surface area contributed by atoms with Crippen LogP contribution in [-0.4, -0.2) is 30.6 Å². The van der Waals surface area contributed by atoms with Crippen molar-refractivity contribution >= 4 is 11.9 Å². The molecule has 2 N–H and O–H groups in total. The van der Waals surface area contributed by atoms with Gasteiger partial charge in [-0.1, -0.05) is 18.2 Å². The number of nitrogens with one attached hydrogen (secondary N) is 1. The summed E-state index contributed by atoms with van der Waals surface area (Å²) in [5.74, 6) is -1.91. The summed E-state index contributed by atoms with van der Waals surface area (Å²) in [6, 6.07) is 9.87. The van der Waals surface area contributed by atoms with Gasteiger partial charge in [0.1, 0.15) is 11.8 Å². The maximum Gasteiger partial charge on any atom is 0.352 e. The molecule has 1 aromatic rings. The third kappa shape index (κ3) is 3.85. The molecular formula is C13H12N2O4. The Bertz CT molecular complexity index is 544. The van der Waals surface area contributed by atoms with Crippen LogP contribution in [-0.2, 0) is 9.53 Å². The number of aliphatic hydroxyl groups is 1. The molecule has 6 heteroatoms. The van der Waals surface area contributed by atoms with E-state index in [1.165, 1.54) is 6.07 Å². The Hall–Kier alpha value is -2.81. The van der Waals surface area contributed by atoms with E-state index in [1.807, 2.05) is 0 Å². The Labute approximate surface area is 109 Å². The predicted molar refractivity (Wildman–Crippen MR) is 66.1 cm³/mol. The van der Waals surface area contributed by atoms with Crippen molar-refractivity contribution in [1.82, 2.24) is 5.32 Å². The number of aliphatic hydroxyl groups excluding tert-OH is 1. The third-order valence-corrected chi connectivity index (χ3v) is 2.24. The lowest BCUT2D eigenvalue weighted by molar-refractivity contribution is -0.135. The Kier molecular flexibility index (Phi) is 5.11. The van der Waals surface area contributed by atoms with E-state index in [1.54, 1.807) is 30.3 Å². The summed E-state index contributed by atoms with van der Waals surface area (Å²) < 4.78 is 4.32. The Morgan fingerprint density at radius 1 is 1.37 bits per heavy atom. The number of nitrogens with zero attached hydrogens (tertiary/aromatic N) is 1. The molecule has 0 aliphatic heterocycles. The molecule has 0 heterocycles. The summed E-state index contributed by atoms with van der Waals surface area (Å²) in [5, 5.41) is 20.6. The highest BCUT2D eigenvalue weighted by Crippen LogP contribution is 2.03. The third-order valence-electron chi connectivity index (χ3n) is 2.24. The normalized spacial score (nSPS) is 10.9. The van der Waals surface area contributed by atoms with Crippen LogP contribution in [0.4, 0.5) is 0 Å². The van der Waals surface area contributed by atoms with Gasteiger partial charge in [0, 0.05) is 5.56 Å². The van der Waals surface area contributed by atoms with Crippen molar-refractivity contribution in [1.29, 1.82) is 5.26 Å². The first-order valence-corrected chi connectivity index (χ1v) is 5.34. The lowest BCUT2D eigenvalue weighted by Crippen LogP contribution is -2.26. The maximum absolute atomic E-state index is 11.7. The molecule has 0 bridgehead atoms. The summed E-state index contributed by atoms with van der Waals surface area (Å²) in [6.07, 6.45) is 0. The molecule has 0 saturated heterocycles. The second-order valence-electron chi connectivity index (χ2n) is 3.47. The van der Waals surface area contributed by atoms with Crippen molar-refractivity contribution in [2.75, 3.05) is 13.7 Å². The standard InChI is InChI=1S/C13H12N2O4/c1-19-13(18)10(7-14)11(16)8-15-12(17)9-5-3-2-4-6-9/h2-6,16H,8H2,1H3,(H,15,17)/b11-10-. The number of rotatable bonds is 4. The zero-order chi connectivity index (χ0) is 14.3. The topological polar surface area (TPSA) is 99.4 Å². The lowest BCUT2D eigenvalue weighted by Gasteiger charge is -2.06. The van der Waals surface area contributed by atoms with Crippen LogP contribution in [0, 0.1) is 11.3 Å². The average molecular weight is 260 g/mol. The van der Waals surface area contributed by atoms with Crippen LogP contribution in [0.3, 0.4) is 0 Å². The molecule has 1 rings (SSSR count). The fourth-order valence-corrected chi connectivity index (χ4v) is 1.27. The molecule has 98 valence electrons. The van der Waals surface area contributed by atoms with E-state index in [0.717, 1.165) is 7.11 Å². The quantitative estimate of drug-likeness (QED) is 0.363. The summed E-state index contributed by atoms with van der Waals surface area (Å²) >= 11 is 0. The van der Waals surface area contributed by atoms with Gasteiger partial charge in [-0.3, -0.25) is 4.79 Å². The van der Waals surface area contributed by atoms with Gasteiger partial charge in [-0.25, -0.2) is 4.79 Å². The van der Waals surface area contributed by atoms with Gasteiger partial charge in [0.2, 0.25) is 0 Å². The number of benzene rings is 1. The van der Waals surface area contributed by atoms with Crippen molar-refractivity contribution in [2.45, 2.75) is 0 Å². The van der Waals surface area contributed by atoms with Gasteiger partial charge in [-0.15, -0.1) is 0 Å². The van der Waals surface area contributed by atoms with Crippen LogP contribution in [0.25, 0.3) is 0 Å². The van der Waals surface area contributed by atoms with Crippen LogP contribution in [0.5, 0.6) is 0 Å². The Morgan fingerprint density at radius 3 is 2.53 bits per heavy atom. The number of esters is 1. The summed E-state index contributed by atoms with van der Waals surface area (Å²) in [4.78, 5) is 22.8. The molecule has 0 atom stereocenters. The van der Waals surface area contributed by atoms with Gasteiger partial charge in [0.25, 0.3) is 5.91 Å². The molecule has 0 unspecified atom stereocenters. The monoisotopic (exact) mass is 260 g/mol. The van der Waals surface area contributed by atoms with Crippen molar-refractivity contribution in [3.8, 4) is 6.07 Å². The number of hydrogen-bond acceptors (Lipinski definition) is 5. The van der Waals surface area contributed by atoms with E-state index in [2.05, 4.69) is 10.1 Å². The highest BCUT2D eigenvalue weighted by atomic mass is 16.5. The number of hydrogen-bond donors (Lipinski definition) is 2. The van der Waals surface area contributed by atoms with Crippen molar-refractivity contribution in [3.05, 3.63) is 47.2 Å². The molecule has 0 aliphatic rings. The molecule has 0 spiro atoms. The SMILES string of the molecule is COC(=O)/C(C#N)=C(\O)CNC(=O)c1ccccc1. The van der Waals surface area contributed by atoms with E-state index >= 15 is 0 Å². The highest BCUT2D eigenvalue weighted by Gasteiger charge is 2.16. The van der Waals surface area contributed by atoms with Gasteiger partial charge in [0.15, 0.2) is 5.57 Å². The fraction of sp³-hybridized carbons (Fsp3) is 0.154. The van der Waals surface area contributed by atoms with Gasteiger partial charge < -0.3 is 15.2 Å². The summed E-state index contributed by atoms with van der Waals surface area (Å²) in [7, 11) is 1.09. The minimum absolute atomic E-state index is 0.328. The van der Waals surface area contributed by atoms with E-state index in [9.17, 15) is 14.7 Å². The van der Waals surface area contributed by atoms with E-state index in [4.69, 9.17) is 5.26 Å². The van der Waals surface area contributed by atoms with E-state index in [0.29, 0.717) is 5.56 Å². The summed E-state index contributed by atoms with van der Waals surface area (Å²) in [5.41, 5.74) is -0.122. The second kappa shape index (κ2) is 6.81. The van der Waals surface area contributed by atoms with Crippen molar-refractivity contribution < 1.29 is 19.4 Å². The molecule has 0 radical (unpaired) electrons. The Balaban J connectivity index is 2.72.